The van der Waals surface area contributed by atoms with Gasteiger partial charge in [0.1, 0.15) is 11.4 Å². The summed E-state index contributed by atoms with van der Waals surface area (Å²) in [5, 5.41) is 1.69. The normalized spacial score (nSPS) is 15.0. The predicted molar refractivity (Wildman–Crippen MR) is 75.5 cm³/mol. The lowest BCUT2D eigenvalue weighted by molar-refractivity contribution is -0.119. The largest absolute Gasteiger partial charge is 0.493 e. The van der Waals surface area contributed by atoms with E-state index in [4.69, 9.17) is 15.2 Å². The van der Waals surface area contributed by atoms with Gasteiger partial charge in [0.2, 0.25) is 5.91 Å². The molecule has 1 aliphatic rings. The van der Waals surface area contributed by atoms with Crippen molar-refractivity contribution in [3.05, 3.63) is 17.7 Å². The third-order valence-corrected chi connectivity index (χ3v) is 4.83. The maximum absolute atomic E-state index is 12.4. The van der Waals surface area contributed by atoms with E-state index in [9.17, 15) is 22.8 Å². The Kier molecular flexibility index (Phi) is 4.14. The molecular weight excluding hydrogens is 330 g/mol. The number of hydrogen-bond acceptors (Lipinski definition) is 7. The van der Waals surface area contributed by atoms with Gasteiger partial charge in [-0.25, -0.2) is 17.5 Å². The molecule has 1 aromatic carbocycles. The highest BCUT2D eigenvalue weighted by molar-refractivity contribution is 7.90. The Hall–Kier alpha value is -2.82. The molecule has 1 aromatic rings. The molecule has 10 nitrogen and oxygen atoms in total. The molecule has 23 heavy (non-hydrogen) atoms. The van der Waals surface area contributed by atoms with Crippen molar-refractivity contribution in [1.29, 1.82) is 0 Å². The van der Waals surface area contributed by atoms with E-state index in [1.165, 1.54) is 20.3 Å². The number of nitrogens with two attached hydrogens (primary N) is 1. The zero-order valence-corrected chi connectivity index (χ0v) is 13.0. The second-order valence-corrected chi connectivity index (χ2v) is 6.26. The van der Waals surface area contributed by atoms with Gasteiger partial charge in [0.15, 0.2) is 11.5 Å². The molecule has 2 rings (SSSR count). The third-order valence-electron chi connectivity index (χ3n) is 3.06. The van der Waals surface area contributed by atoms with Gasteiger partial charge in [-0.05, 0) is 6.07 Å². The van der Waals surface area contributed by atoms with Crippen molar-refractivity contribution < 1.29 is 32.3 Å². The van der Waals surface area contributed by atoms with Crippen molar-refractivity contribution in [3.8, 4) is 11.5 Å². The molecule has 1 heterocycles. The number of carbonyl (C=O) groups is 3. The first-order valence-electron chi connectivity index (χ1n) is 6.14. The minimum absolute atomic E-state index is 0.117. The van der Waals surface area contributed by atoms with E-state index < -0.39 is 34.4 Å². The molecule has 0 saturated heterocycles. The number of ether oxygens (including phenoxy) is 2. The van der Waals surface area contributed by atoms with Gasteiger partial charge in [-0.15, -0.1) is 0 Å². The standard InChI is InChI=1S/C12H13N3O7S/c1-21-7-3-6-9(4-8(7)22-2)23(19,20)15(11(6)17)5-10(16)14-12(13)18/h3-4H,5H2,1-2H3,(H3,13,14,16,18). The SMILES string of the molecule is COc1cc2c(cc1OC)S(=O)(=O)N(CC(=O)NC(N)=O)C2=O. The molecule has 0 aliphatic carbocycles. The van der Waals surface area contributed by atoms with Gasteiger partial charge in [0.25, 0.3) is 15.9 Å². The second-order valence-electron chi connectivity index (χ2n) is 4.43. The second kappa shape index (κ2) is 5.76. The highest BCUT2D eigenvalue weighted by Crippen LogP contribution is 2.38. The minimum Gasteiger partial charge on any atom is -0.493 e. The first kappa shape index (κ1) is 16.5. The summed E-state index contributed by atoms with van der Waals surface area (Å²) in [6.45, 7) is -0.872. The molecule has 0 spiro atoms. The van der Waals surface area contributed by atoms with Crippen LogP contribution < -0.4 is 20.5 Å². The molecule has 11 heteroatoms. The number of amides is 4. The van der Waals surface area contributed by atoms with Crippen molar-refractivity contribution in [1.82, 2.24) is 9.62 Å². The highest BCUT2D eigenvalue weighted by atomic mass is 32.2. The van der Waals surface area contributed by atoms with E-state index in [1.807, 2.05) is 0 Å². The first-order valence-corrected chi connectivity index (χ1v) is 7.58. The Morgan fingerprint density at radius 1 is 1.22 bits per heavy atom. The molecule has 0 unspecified atom stereocenters. The number of benzene rings is 1. The topological polar surface area (TPSA) is 145 Å². The van der Waals surface area contributed by atoms with E-state index in [1.54, 1.807) is 5.32 Å². The molecule has 0 radical (unpaired) electrons. The molecule has 3 N–H and O–H groups in total. The van der Waals surface area contributed by atoms with Gasteiger partial charge in [-0.3, -0.25) is 14.9 Å². The monoisotopic (exact) mass is 343 g/mol. The fraction of sp³-hybridized carbons (Fsp3) is 0.250. The highest BCUT2D eigenvalue weighted by Gasteiger charge is 2.43. The lowest BCUT2D eigenvalue weighted by atomic mass is 10.2. The number of hydrogen-bond donors (Lipinski definition) is 2. The van der Waals surface area contributed by atoms with Crippen molar-refractivity contribution in [2.75, 3.05) is 20.8 Å². The molecule has 0 saturated carbocycles. The van der Waals surface area contributed by atoms with Crippen molar-refractivity contribution in [2.45, 2.75) is 4.90 Å². The lowest BCUT2D eigenvalue weighted by Gasteiger charge is -2.13. The Morgan fingerprint density at radius 3 is 2.30 bits per heavy atom. The fourth-order valence-corrected chi connectivity index (χ4v) is 3.59. The Bertz CT molecular complexity index is 803. The van der Waals surface area contributed by atoms with E-state index in [-0.39, 0.29) is 22.0 Å². The van der Waals surface area contributed by atoms with E-state index in [0.717, 1.165) is 6.07 Å². The average Bonchev–Trinajstić information content (AvgIpc) is 2.66. The van der Waals surface area contributed by atoms with Crippen molar-refractivity contribution in [2.24, 2.45) is 5.73 Å². The zero-order chi connectivity index (χ0) is 17.4. The molecule has 0 aromatic heterocycles. The van der Waals surface area contributed by atoms with E-state index >= 15 is 0 Å². The zero-order valence-electron chi connectivity index (χ0n) is 12.2. The predicted octanol–water partition coefficient (Wildman–Crippen LogP) is -0.957. The Balaban J connectivity index is 2.46. The third kappa shape index (κ3) is 2.77. The first-order chi connectivity index (χ1) is 10.7. The summed E-state index contributed by atoms with van der Waals surface area (Å²) in [4.78, 5) is 34.1. The van der Waals surface area contributed by atoms with Gasteiger partial charge in [-0.2, -0.15) is 0 Å². The van der Waals surface area contributed by atoms with Crippen molar-refractivity contribution in [3.63, 3.8) is 0 Å². The molecule has 4 amide bonds. The number of sulfonamides is 1. The average molecular weight is 343 g/mol. The lowest BCUT2D eigenvalue weighted by Crippen LogP contribution is -2.44. The minimum atomic E-state index is -4.25. The van der Waals surface area contributed by atoms with Crippen LogP contribution in [0.25, 0.3) is 0 Å². The van der Waals surface area contributed by atoms with Crippen LogP contribution in [0.5, 0.6) is 11.5 Å². The molecule has 0 bridgehead atoms. The van der Waals surface area contributed by atoms with Crippen LogP contribution in [0.15, 0.2) is 17.0 Å². The van der Waals surface area contributed by atoms with Gasteiger partial charge in [0.05, 0.1) is 19.8 Å². The van der Waals surface area contributed by atoms with Crippen molar-refractivity contribution >= 4 is 27.9 Å². The maximum Gasteiger partial charge on any atom is 0.318 e. The van der Waals surface area contributed by atoms with Crippen LogP contribution in [0.3, 0.4) is 0 Å². The number of nitrogens with one attached hydrogen (secondary N) is 1. The number of carbonyl (C=O) groups excluding carboxylic acids is 3. The van der Waals surface area contributed by atoms with Crippen LogP contribution in [-0.2, 0) is 14.8 Å². The number of imide groups is 1. The maximum atomic E-state index is 12.4. The number of fused-ring (bicyclic) bond motifs is 1. The summed E-state index contributed by atoms with van der Waals surface area (Å²) >= 11 is 0. The van der Waals surface area contributed by atoms with Crippen LogP contribution in [0.1, 0.15) is 10.4 Å². The molecule has 0 atom stereocenters. The molecule has 0 fully saturated rings. The summed E-state index contributed by atoms with van der Waals surface area (Å²) in [5.74, 6) is -1.66. The Morgan fingerprint density at radius 2 is 1.78 bits per heavy atom. The van der Waals surface area contributed by atoms with E-state index in [0.29, 0.717) is 4.31 Å². The van der Waals surface area contributed by atoms with Crippen LogP contribution >= 0.6 is 0 Å². The van der Waals surface area contributed by atoms with Crippen LogP contribution in [0.4, 0.5) is 4.79 Å². The van der Waals surface area contributed by atoms with Gasteiger partial charge >= 0.3 is 6.03 Å². The summed E-state index contributed by atoms with van der Waals surface area (Å²) < 4.78 is 35.1. The van der Waals surface area contributed by atoms with Crippen LogP contribution in [-0.4, -0.2) is 51.3 Å². The summed E-state index contributed by atoms with van der Waals surface area (Å²) in [7, 11) is -1.61. The van der Waals surface area contributed by atoms with Gasteiger partial charge in [0, 0.05) is 6.07 Å². The van der Waals surface area contributed by atoms with Gasteiger partial charge in [-0.1, -0.05) is 0 Å². The molecule has 1 aliphatic heterocycles. The van der Waals surface area contributed by atoms with Crippen LogP contribution in [0, 0.1) is 0 Å². The summed E-state index contributed by atoms with van der Waals surface area (Å²) in [5.41, 5.74) is 4.62. The number of urea groups is 1. The van der Waals surface area contributed by atoms with E-state index in [2.05, 4.69) is 0 Å². The number of primary amides is 1. The Labute approximate surface area is 131 Å². The smallest absolute Gasteiger partial charge is 0.318 e. The molecular formula is C12H13N3O7S. The summed E-state index contributed by atoms with van der Waals surface area (Å²) in [6, 6.07) is 1.19. The van der Waals surface area contributed by atoms with Crippen LogP contribution in [0.2, 0.25) is 0 Å². The number of rotatable bonds is 4. The molecule has 124 valence electrons. The quantitative estimate of drug-likeness (QED) is 0.716. The number of methoxy groups -OCH3 is 2. The summed E-state index contributed by atoms with van der Waals surface area (Å²) in [6.07, 6.45) is 0. The number of nitrogens with zero attached hydrogens (tertiary/aromatic N) is 1. The van der Waals surface area contributed by atoms with Gasteiger partial charge < -0.3 is 15.2 Å². The fourth-order valence-electron chi connectivity index (χ4n) is 2.07.